The van der Waals surface area contributed by atoms with E-state index in [0.717, 1.165) is 0 Å². The van der Waals surface area contributed by atoms with Crippen LogP contribution in [-0.2, 0) is 20.2 Å². The zero-order valence-electron chi connectivity index (χ0n) is 10.4. The van der Waals surface area contributed by atoms with E-state index in [9.17, 15) is 16.8 Å². The summed E-state index contributed by atoms with van der Waals surface area (Å²) in [6.07, 6.45) is -0.0323. The second-order valence-electron chi connectivity index (χ2n) is 3.63. The Balaban J connectivity index is 0. The Bertz CT molecular complexity index is 388. The topological polar surface area (TPSA) is 141 Å². The van der Waals surface area contributed by atoms with E-state index in [1.165, 1.54) is 0 Å². The highest BCUT2D eigenvalue weighted by molar-refractivity contribution is 7.86. The van der Waals surface area contributed by atoms with E-state index in [1.54, 1.807) is 13.8 Å². The lowest BCUT2D eigenvalue weighted by Crippen LogP contribution is -2.29. The molecule has 0 bridgehead atoms. The van der Waals surface area contributed by atoms with E-state index in [2.05, 4.69) is 5.32 Å². The molecule has 0 aliphatic heterocycles. The molecule has 10 heteroatoms. The summed E-state index contributed by atoms with van der Waals surface area (Å²) in [5, 5.41) is 11.4. The maximum atomic E-state index is 10.1. The van der Waals surface area contributed by atoms with Crippen LogP contribution >= 0.6 is 0 Å². The molecule has 0 aliphatic carbocycles. The first-order valence-electron chi connectivity index (χ1n) is 5.27. The first-order valence-corrected chi connectivity index (χ1v) is 8.49. The number of aliphatic hydroxyl groups excluding tert-OH is 1. The van der Waals surface area contributed by atoms with Crippen molar-refractivity contribution in [2.45, 2.75) is 26.4 Å². The summed E-state index contributed by atoms with van der Waals surface area (Å²) in [5.74, 6) is -0.452. The fourth-order valence-corrected chi connectivity index (χ4v) is 1.69. The summed E-state index contributed by atoms with van der Waals surface area (Å²) in [6.45, 7) is 3.76. The molecule has 0 aromatic carbocycles. The van der Waals surface area contributed by atoms with Gasteiger partial charge in [0.1, 0.15) is 0 Å². The van der Waals surface area contributed by atoms with Crippen molar-refractivity contribution < 1.29 is 31.0 Å². The standard InChI is InChI=1S/C5H13NO4S.C3H8O3S/c1-5(7)4-6-2-3-11(8,9)10;1-2-3-7(4,5)6/h5-7H,2-4H2,1H3,(H,8,9,10);2-3H2,1H3,(H,4,5,6). The zero-order valence-corrected chi connectivity index (χ0v) is 12.0. The Labute approximate surface area is 108 Å². The van der Waals surface area contributed by atoms with Crippen LogP contribution in [0.25, 0.3) is 0 Å². The Hall–Kier alpha value is -0.260. The highest BCUT2D eigenvalue weighted by Crippen LogP contribution is 1.83. The number of aliphatic hydroxyl groups is 1. The molecule has 1 unspecified atom stereocenters. The van der Waals surface area contributed by atoms with Gasteiger partial charge in [-0.15, -0.1) is 0 Å². The normalized spacial score (nSPS) is 13.6. The van der Waals surface area contributed by atoms with Crippen LogP contribution in [0.2, 0.25) is 0 Å². The lowest BCUT2D eigenvalue weighted by molar-refractivity contribution is 0.192. The summed E-state index contributed by atoms with van der Waals surface area (Å²) in [6, 6.07) is 0. The second kappa shape index (κ2) is 9.64. The molecule has 0 saturated carbocycles. The van der Waals surface area contributed by atoms with Crippen LogP contribution in [0.15, 0.2) is 0 Å². The minimum Gasteiger partial charge on any atom is -0.392 e. The van der Waals surface area contributed by atoms with Gasteiger partial charge < -0.3 is 10.4 Å². The van der Waals surface area contributed by atoms with Crippen LogP contribution in [0, 0.1) is 0 Å². The van der Waals surface area contributed by atoms with Crippen LogP contribution in [-0.4, -0.2) is 61.7 Å². The first-order chi connectivity index (χ1) is 7.98. The lowest BCUT2D eigenvalue weighted by atomic mass is 10.4. The van der Waals surface area contributed by atoms with Gasteiger partial charge >= 0.3 is 0 Å². The molecule has 8 nitrogen and oxygen atoms in total. The largest absolute Gasteiger partial charge is 0.392 e. The third kappa shape index (κ3) is 24.8. The zero-order chi connectivity index (χ0) is 14.8. The summed E-state index contributed by atoms with van der Waals surface area (Å²) >= 11 is 0. The number of hydrogen-bond acceptors (Lipinski definition) is 6. The molecule has 0 saturated heterocycles. The van der Waals surface area contributed by atoms with Gasteiger partial charge in [0, 0.05) is 13.1 Å². The SMILES string of the molecule is CC(O)CNCCS(=O)(=O)O.CCCS(=O)(=O)O. The van der Waals surface area contributed by atoms with Gasteiger partial charge in [-0.2, -0.15) is 16.8 Å². The molecule has 4 N–H and O–H groups in total. The quantitative estimate of drug-likeness (QED) is 0.351. The van der Waals surface area contributed by atoms with Gasteiger partial charge in [-0.05, 0) is 13.3 Å². The number of nitrogens with one attached hydrogen (secondary N) is 1. The predicted molar refractivity (Wildman–Crippen MR) is 67.7 cm³/mol. The summed E-state index contributed by atoms with van der Waals surface area (Å²) in [4.78, 5) is 0. The van der Waals surface area contributed by atoms with Gasteiger partial charge in [-0.1, -0.05) is 6.92 Å². The summed E-state index contributed by atoms with van der Waals surface area (Å²) < 4.78 is 56.1. The average molecular weight is 307 g/mol. The smallest absolute Gasteiger partial charge is 0.266 e. The van der Waals surface area contributed by atoms with Gasteiger partial charge in [0.05, 0.1) is 17.6 Å². The Morgan fingerprint density at radius 1 is 1.06 bits per heavy atom. The van der Waals surface area contributed by atoms with Gasteiger partial charge in [-0.3, -0.25) is 9.11 Å². The molecule has 112 valence electrons. The van der Waals surface area contributed by atoms with E-state index in [0.29, 0.717) is 13.0 Å². The molecule has 0 heterocycles. The molecule has 0 rings (SSSR count). The average Bonchev–Trinajstić information content (AvgIpc) is 2.09. The van der Waals surface area contributed by atoms with Gasteiger partial charge in [0.2, 0.25) is 0 Å². The van der Waals surface area contributed by atoms with Crippen LogP contribution in [0.5, 0.6) is 0 Å². The van der Waals surface area contributed by atoms with Crippen molar-refractivity contribution in [3.8, 4) is 0 Å². The molecule has 0 amide bonds. The fraction of sp³-hybridized carbons (Fsp3) is 1.00. The van der Waals surface area contributed by atoms with Crippen molar-refractivity contribution in [2.75, 3.05) is 24.6 Å². The second-order valence-corrected chi connectivity index (χ2v) is 6.77. The van der Waals surface area contributed by atoms with E-state index in [4.69, 9.17) is 14.2 Å². The van der Waals surface area contributed by atoms with Crippen molar-refractivity contribution in [1.82, 2.24) is 5.32 Å². The highest BCUT2D eigenvalue weighted by Gasteiger charge is 2.03. The van der Waals surface area contributed by atoms with E-state index < -0.39 is 26.3 Å². The maximum Gasteiger partial charge on any atom is 0.266 e. The predicted octanol–water partition coefficient (Wildman–Crippen LogP) is -0.871. The van der Waals surface area contributed by atoms with E-state index >= 15 is 0 Å². The Morgan fingerprint density at radius 3 is 1.72 bits per heavy atom. The lowest BCUT2D eigenvalue weighted by Gasteiger charge is -2.04. The van der Waals surface area contributed by atoms with Crippen molar-refractivity contribution in [1.29, 1.82) is 0 Å². The molecule has 0 aromatic heterocycles. The van der Waals surface area contributed by atoms with E-state index in [1.807, 2.05) is 0 Å². The van der Waals surface area contributed by atoms with Gasteiger partial charge in [0.25, 0.3) is 20.2 Å². The molecule has 0 spiro atoms. The molecule has 1 atom stereocenters. The highest BCUT2D eigenvalue weighted by atomic mass is 32.2. The summed E-state index contributed by atoms with van der Waals surface area (Å²) in [5.41, 5.74) is 0. The van der Waals surface area contributed by atoms with Crippen LogP contribution < -0.4 is 5.32 Å². The van der Waals surface area contributed by atoms with Crippen molar-refractivity contribution >= 4 is 20.2 Å². The fourth-order valence-electron chi connectivity index (χ4n) is 0.770. The molecule has 0 aromatic rings. The number of rotatable bonds is 7. The van der Waals surface area contributed by atoms with E-state index in [-0.39, 0.29) is 18.1 Å². The van der Waals surface area contributed by atoms with Crippen molar-refractivity contribution in [3.63, 3.8) is 0 Å². The maximum absolute atomic E-state index is 10.1. The van der Waals surface area contributed by atoms with Crippen LogP contribution in [0.3, 0.4) is 0 Å². The van der Waals surface area contributed by atoms with Crippen molar-refractivity contribution in [3.05, 3.63) is 0 Å². The minimum atomic E-state index is -3.87. The van der Waals surface area contributed by atoms with Gasteiger partial charge in [-0.25, -0.2) is 0 Å². The molecule has 18 heavy (non-hydrogen) atoms. The molecule has 0 fully saturated rings. The summed E-state index contributed by atoms with van der Waals surface area (Å²) in [7, 11) is -7.54. The molecular weight excluding hydrogens is 286 g/mol. The third-order valence-corrected chi connectivity index (χ3v) is 3.08. The van der Waals surface area contributed by atoms with Crippen LogP contribution in [0.4, 0.5) is 0 Å². The molecular formula is C8H21NO7S2. The monoisotopic (exact) mass is 307 g/mol. The Kier molecular flexibility index (Phi) is 10.7. The van der Waals surface area contributed by atoms with Gasteiger partial charge in [0.15, 0.2) is 0 Å². The molecule has 0 aliphatic rings. The number of hydrogen-bond donors (Lipinski definition) is 4. The first kappa shape index (κ1) is 20.1. The minimum absolute atomic E-state index is 0.132. The Morgan fingerprint density at radius 2 is 1.50 bits per heavy atom. The third-order valence-electron chi connectivity index (χ3n) is 1.44. The van der Waals surface area contributed by atoms with Crippen molar-refractivity contribution in [2.24, 2.45) is 0 Å². The molecule has 0 radical (unpaired) electrons. The van der Waals surface area contributed by atoms with Crippen LogP contribution in [0.1, 0.15) is 20.3 Å².